The molecule has 1 saturated heterocycles. The van der Waals surface area contributed by atoms with Crippen LogP contribution in [-0.4, -0.2) is 71.0 Å². The molecule has 2 amide bonds. The van der Waals surface area contributed by atoms with Crippen LogP contribution in [0.5, 0.6) is 0 Å². The standard InChI is InChI=1S/C23H27N5O3/c1-3-24-20(29)15-27-10-7-11-28(13-12-27)23(30)18-14-19(17-8-5-4-6-9-17)25-22-21(18)16(2)26-31-22/h4-6,8-9,14H,3,7,10-13,15H2,1-2H3,(H,24,29). The Kier molecular flexibility index (Phi) is 6.27. The third-order valence-electron chi connectivity index (χ3n) is 5.53. The van der Waals surface area contributed by atoms with Crippen LogP contribution in [0.2, 0.25) is 0 Å². The smallest absolute Gasteiger partial charge is 0.259 e. The number of rotatable bonds is 5. The molecule has 31 heavy (non-hydrogen) atoms. The van der Waals surface area contributed by atoms with E-state index < -0.39 is 0 Å². The van der Waals surface area contributed by atoms with Gasteiger partial charge in [-0.3, -0.25) is 14.5 Å². The third kappa shape index (κ3) is 4.59. The first kappa shape index (κ1) is 21.0. The molecule has 4 rings (SSSR count). The van der Waals surface area contributed by atoms with Gasteiger partial charge in [0.1, 0.15) is 0 Å². The van der Waals surface area contributed by atoms with Crippen LogP contribution in [-0.2, 0) is 4.79 Å². The number of hydrogen-bond donors (Lipinski definition) is 1. The van der Waals surface area contributed by atoms with Gasteiger partial charge in [0.2, 0.25) is 5.91 Å². The molecule has 1 aromatic carbocycles. The number of carbonyl (C=O) groups is 2. The summed E-state index contributed by atoms with van der Waals surface area (Å²) in [6.07, 6.45) is 0.813. The first-order valence-corrected chi connectivity index (χ1v) is 10.7. The fourth-order valence-corrected chi connectivity index (χ4v) is 3.98. The quantitative estimate of drug-likeness (QED) is 0.681. The van der Waals surface area contributed by atoms with Crippen LogP contribution in [0, 0.1) is 6.92 Å². The molecule has 1 aliphatic heterocycles. The second-order valence-electron chi connectivity index (χ2n) is 7.74. The molecule has 1 N–H and O–H groups in total. The number of aromatic nitrogens is 2. The number of likely N-dealkylation sites (N-methyl/N-ethyl adjacent to an activating group) is 1. The molecule has 3 aromatic rings. The summed E-state index contributed by atoms with van der Waals surface area (Å²) in [5.41, 5.74) is 3.17. The van der Waals surface area contributed by atoms with Crippen LogP contribution in [0.15, 0.2) is 40.9 Å². The molecular formula is C23H27N5O3. The average Bonchev–Trinajstić information content (AvgIpc) is 3.00. The van der Waals surface area contributed by atoms with Gasteiger partial charge in [0.15, 0.2) is 0 Å². The Morgan fingerprint density at radius 2 is 1.94 bits per heavy atom. The van der Waals surface area contributed by atoms with Crippen molar-refractivity contribution in [2.24, 2.45) is 0 Å². The zero-order chi connectivity index (χ0) is 21.8. The van der Waals surface area contributed by atoms with Crippen molar-refractivity contribution >= 4 is 22.9 Å². The molecule has 0 aliphatic carbocycles. The summed E-state index contributed by atoms with van der Waals surface area (Å²) in [6.45, 7) is 7.36. The predicted molar refractivity (Wildman–Crippen MR) is 118 cm³/mol. The van der Waals surface area contributed by atoms with E-state index in [0.29, 0.717) is 60.8 Å². The highest BCUT2D eigenvalue weighted by Gasteiger charge is 2.25. The minimum Gasteiger partial charge on any atom is -0.355 e. The second kappa shape index (κ2) is 9.26. The van der Waals surface area contributed by atoms with E-state index in [1.165, 1.54) is 0 Å². The predicted octanol–water partition coefficient (Wildman–Crippen LogP) is 2.48. The molecule has 162 valence electrons. The van der Waals surface area contributed by atoms with Gasteiger partial charge in [-0.25, -0.2) is 4.98 Å². The van der Waals surface area contributed by atoms with E-state index in [4.69, 9.17) is 4.52 Å². The number of hydrogen-bond acceptors (Lipinski definition) is 6. The molecule has 8 heteroatoms. The maximum absolute atomic E-state index is 13.6. The molecule has 8 nitrogen and oxygen atoms in total. The van der Waals surface area contributed by atoms with Crippen LogP contribution in [0.4, 0.5) is 0 Å². The minimum absolute atomic E-state index is 0.0192. The summed E-state index contributed by atoms with van der Waals surface area (Å²) < 4.78 is 5.41. The Morgan fingerprint density at radius 1 is 1.13 bits per heavy atom. The van der Waals surface area contributed by atoms with Crippen molar-refractivity contribution in [3.63, 3.8) is 0 Å². The molecule has 1 fully saturated rings. The molecule has 0 atom stereocenters. The molecule has 0 unspecified atom stereocenters. The average molecular weight is 422 g/mol. The Labute approximate surface area is 181 Å². The van der Waals surface area contributed by atoms with Gasteiger partial charge in [-0.1, -0.05) is 35.5 Å². The largest absolute Gasteiger partial charge is 0.355 e. The SMILES string of the molecule is CCNC(=O)CN1CCCN(C(=O)c2cc(-c3ccccc3)nc3onc(C)c23)CC1. The molecule has 0 bridgehead atoms. The summed E-state index contributed by atoms with van der Waals surface area (Å²) in [5.74, 6) is -0.0403. The molecule has 1 aliphatic rings. The van der Waals surface area contributed by atoms with Gasteiger partial charge in [0, 0.05) is 38.3 Å². The van der Waals surface area contributed by atoms with Gasteiger partial charge < -0.3 is 14.7 Å². The molecule has 0 spiro atoms. The van der Waals surface area contributed by atoms with E-state index in [-0.39, 0.29) is 11.8 Å². The van der Waals surface area contributed by atoms with Crippen molar-refractivity contribution in [1.29, 1.82) is 0 Å². The molecule has 3 heterocycles. The van der Waals surface area contributed by atoms with E-state index in [1.54, 1.807) is 0 Å². The highest BCUT2D eigenvalue weighted by atomic mass is 16.5. The molecule has 2 aromatic heterocycles. The lowest BCUT2D eigenvalue weighted by molar-refractivity contribution is -0.122. The van der Waals surface area contributed by atoms with E-state index >= 15 is 0 Å². The van der Waals surface area contributed by atoms with Crippen molar-refractivity contribution < 1.29 is 14.1 Å². The molecule has 0 saturated carbocycles. The van der Waals surface area contributed by atoms with Gasteiger partial charge in [-0.05, 0) is 26.3 Å². The summed E-state index contributed by atoms with van der Waals surface area (Å²) in [5, 5.41) is 7.53. The Balaban J connectivity index is 1.60. The summed E-state index contributed by atoms with van der Waals surface area (Å²) in [7, 11) is 0. The van der Waals surface area contributed by atoms with Crippen molar-refractivity contribution in [3.8, 4) is 11.3 Å². The fraction of sp³-hybridized carbons (Fsp3) is 0.391. The highest BCUT2D eigenvalue weighted by molar-refractivity contribution is 6.07. The number of nitrogens with one attached hydrogen (secondary N) is 1. The van der Waals surface area contributed by atoms with Crippen LogP contribution < -0.4 is 5.32 Å². The number of amides is 2. The Bertz CT molecular complexity index is 1080. The molecular weight excluding hydrogens is 394 g/mol. The number of aryl methyl sites for hydroxylation is 1. The topological polar surface area (TPSA) is 91.6 Å². The summed E-state index contributed by atoms with van der Waals surface area (Å²) >= 11 is 0. The monoisotopic (exact) mass is 421 g/mol. The zero-order valence-electron chi connectivity index (χ0n) is 17.9. The highest BCUT2D eigenvalue weighted by Crippen LogP contribution is 2.28. The minimum atomic E-state index is -0.0595. The third-order valence-corrected chi connectivity index (χ3v) is 5.53. The van der Waals surface area contributed by atoms with Gasteiger partial charge in [-0.2, -0.15) is 0 Å². The van der Waals surface area contributed by atoms with Crippen molar-refractivity contribution in [3.05, 3.63) is 47.7 Å². The molecule has 0 radical (unpaired) electrons. The van der Waals surface area contributed by atoms with Crippen LogP contribution in [0.1, 0.15) is 29.4 Å². The first-order chi connectivity index (χ1) is 15.1. The van der Waals surface area contributed by atoms with E-state index in [9.17, 15) is 9.59 Å². The van der Waals surface area contributed by atoms with Gasteiger partial charge in [-0.15, -0.1) is 0 Å². The van der Waals surface area contributed by atoms with Crippen molar-refractivity contribution in [1.82, 2.24) is 25.3 Å². The van der Waals surface area contributed by atoms with E-state index in [0.717, 1.165) is 18.5 Å². The maximum atomic E-state index is 13.6. The zero-order valence-corrected chi connectivity index (χ0v) is 17.9. The maximum Gasteiger partial charge on any atom is 0.259 e. The summed E-state index contributed by atoms with van der Waals surface area (Å²) in [6, 6.07) is 11.6. The normalized spacial score (nSPS) is 15.1. The lowest BCUT2D eigenvalue weighted by atomic mass is 10.0. The lowest BCUT2D eigenvalue weighted by Crippen LogP contribution is -2.40. The number of benzene rings is 1. The number of pyridine rings is 1. The van der Waals surface area contributed by atoms with Gasteiger partial charge in [0.25, 0.3) is 11.6 Å². The van der Waals surface area contributed by atoms with Crippen LogP contribution >= 0.6 is 0 Å². The van der Waals surface area contributed by atoms with Gasteiger partial charge in [0.05, 0.1) is 28.9 Å². The number of nitrogens with zero attached hydrogens (tertiary/aromatic N) is 4. The van der Waals surface area contributed by atoms with E-state index in [2.05, 4.69) is 20.4 Å². The number of fused-ring (bicyclic) bond motifs is 1. The van der Waals surface area contributed by atoms with Crippen LogP contribution in [0.25, 0.3) is 22.4 Å². The lowest BCUT2D eigenvalue weighted by Gasteiger charge is -2.22. The number of carbonyl (C=O) groups excluding carboxylic acids is 2. The Hall–Kier alpha value is -3.26. The Morgan fingerprint density at radius 3 is 2.71 bits per heavy atom. The van der Waals surface area contributed by atoms with Crippen molar-refractivity contribution in [2.45, 2.75) is 20.3 Å². The summed E-state index contributed by atoms with van der Waals surface area (Å²) in [4.78, 5) is 34.0. The van der Waals surface area contributed by atoms with E-state index in [1.807, 2.05) is 55.1 Å². The first-order valence-electron chi connectivity index (χ1n) is 10.7. The van der Waals surface area contributed by atoms with Crippen LogP contribution in [0.3, 0.4) is 0 Å². The van der Waals surface area contributed by atoms with Gasteiger partial charge >= 0.3 is 0 Å². The van der Waals surface area contributed by atoms with Crippen molar-refractivity contribution in [2.75, 3.05) is 39.3 Å². The second-order valence-corrected chi connectivity index (χ2v) is 7.74. The fourth-order valence-electron chi connectivity index (χ4n) is 3.98.